The summed E-state index contributed by atoms with van der Waals surface area (Å²) in [6, 6.07) is 7.45. The van der Waals surface area contributed by atoms with Crippen LogP contribution in [0.25, 0.3) is 10.9 Å². The zero-order valence-electron chi connectivity index (χ0n) is 16.5. The van der Waals surface area contributed by atoms with Crippen molar-refractivity contribution in [1.29, 1.82) is 0 Å². The van der Waals surface area contributed by atoms with E-state index in [1.54, 1.807) is 7.11 Å². The largest absolute Gasteiger partial charge is 0.497 e. The van der Waals surface area contributed by atoms with Crippen molar-refractivity contribution in [2.75, 3.05) is 20.2 Å². The highest BCUT2D eigenvalue weighted by Crippen LogP contribution is 2.21. The molecule has 0 saturated heterocycles. The Labute approximate surface area is 159 Å². The highest BCUT2D eigenvalue weighted by Gasteiger charge is 2.15. The van der Waals surface area contributed by atoms with Crippen LogP contribution in [0.1, 0.15) is 50.5 Å². The van der Waals surface area contributed by atoms with Crippen LogP contribution in [0.4, 0.5) is 4.79 Å². The fraction of sp³-hybridized carbons (Fsp3) is 0.500. The van der Waals surface area contributed by atoms with Crippen LogP contribution in [0.15, 0.2) is 24.3 Å². The molecular weight excluding hydrogens is 346 g/mol. The molecule has 0 radical (unpaired) electrons. The molecule has 1 heterocycles. The Kier molecular flexibility index (Phi) is 7.10. The predicted octanol–water partition coefficient (Wildman–Crippen LogP) is 3.60. The minimum atomic E-state index is -0.484. The van der Waals surface area contributed by atoms with Gasteiger partial charge in [-0.25, -0.2) is 4.79 Å². The molecule has 3 N–H and O–H groups in total. The second kappa shape index (κ2) is 9.30. The van der Waals surface area contributed by atoms with E-state index in [2.05, 4.69) is 15.6 Å². The number of nitrogens with one attached hydrogen (secondary N) is 3. The van der Waals surface area contributed by atoms with E-state index < -0.39 is 11.7 Å². The van der Waals surface area contributed by atoms with Gasteiger partial charge in [-0.15, -0.1) is 0 Å². The van der Waals surface area contributed by atoms with Gasteiger partial charge in [-0.05, 0) is 64.3 Å². The van der Waals surface area contributed by atoms with Crippen LogP contribution in [-0.4, -0.2) is 42.8 Å². The van der Waals surface area contributed by atoms with Crippen molar-refractivity contribution in [1.82, 2.24) is 15.6 Å². The summed E-state index contributed by atoms with van der Waals surface area (Å²) in [4.78, 5) is 26.8. The molecule has 2 aromatic rings. The maximum Gasteiger partial charge on any atom is 0.407 e. The second-order valence-electron chi connectivity index (χ2n) is 7.38. The van der Waals surface area contributed by atoms with Gasteiger partial charge in [0, 0.05) is 24.0 Å². The smallest absolute Gasteiger partial charge is 0.407 e. The molecule has 1 aromatic heterocycles. The molecule has 0 saturated carbocycles. The molecule has 27 heavy (non-hydrogen) atoms. The zero-order valence-corrected chi connectivity index (χ0v) is 16.5. The number of hydrogen-bond acceptors (Lipinski definition) is 4. The SMILES string of the molecule is COc1ccc2[nH]c(C(=O)NCCCCCNC(=O)OC(C)(C)C)cc2c1. The van der Waals surface area contributed by atoms with Gasteiger partial charge < -0.3 is 25.1 Å². The molecule has 7 heteroatoms. The number of rotatable bonds is 8. The highest BCUT2D eigenvalue weighted by molar-refractivity contribution is 5.98. The lowest BCUT2D eigenvalue weighted by molar-refractivity contribution is 0.0527. The normalized spacial score (nSPS) is 11.3. The number of unbranched alkanes of at least 4 members (excludes halogenated alkanes) is 2. The van der Waals surface area contributed by atoms with Gasteiger partial charge >= 0.3 is 6.09 Å². The van der Waals surface area contributed by atoms with Crippen molar-refractivity contribution in [2.45, 2.75) is 45.6 Å². The Balaban J connectivity index is 1.64. The molecule has 0 spiro atoms. The lowest BCUT2D eigenvalue weighted by Crippen LogP contribution is -2.33. The number of carbonyl (C=O) groups excluding carboxylic acids is 2. The molecule has 1 aromatic carbocycles. The number of ether oxygens (including phenoxy) is 2. The third kappa shape index (κ3) is 6.84. The maximum absolute atomic E-state index is 12.2. The van der Waals surface area contributed by atoms with E-state index in [1.807, 2.05) is 45.0 Å². The van der Waals surface area contributed by atoms with Crippen LogP contribution in [-0.2, 0) is 4.74 Å². The zero-order chi connectivity index (χ0) is 19.9. The summed E-state index contributed by atoms with van der Waals surface area (Å²) in [6.07, 6.45) is 2.18. The fourth-order valence-electron chi connectivity index (χ4n) is 2.59. The number of H-pyrrole nitrogens is 1. The second-order valence-corrected chi connectivity index (χ2v) is 7.38. The molecule has 0 bridgehead atoms. The molecule has 0 atom stereocenters. The van der Waals surface area contributed by atoms with Gasteiger partial charge in [0.25, 0.3) is 5.91 Å². The summed E-state index contributed by atoms with van der Waals surface area (Å²) in [7, 11) is 1.62. The summed E-state index contributed by atoms with van der Waals surface area (Å²) in [5, 5.41) is 6.57. The van der Waals surface area contributed by atoms with Crippen LogP contribution in [0.3, 0.4) is 0 Å². The first-order valence-electron chi connectivity index (χ1n) is 9.20. The molecule has 0 aliphatic heterocycles. The Bertz CT molecular complexity index is 777. The summed E-state index contributed by atoms with van der Waals surface area (Å²) >= 11 is 0. The molecule has 0 unspecified atom stereocenters. The van der Waals surface area contributed by atoms with Crippen LogP contribution >= 0.6 is 0 Å². The van der Waals surface area contributed by atoms with Crippen molar-refractivity contribution < 1.29 is 19.1 Å². The average molecular weight is 375 g/mol. The number of hydrogen-bond donors (Lipinski definition) is 3. The van der Waals surface area contributed by atoms with E-state index in [0.29, 0.717) is 18.8 Å². The van der Waals surface area contributed by atoms with Gasteiger partial charge in [0.15, 0.2) is 0 Å². The maximum atomic E-state index is 12.2. The first-order valence-corrected chi connectivity index (χ1v) is 9.20. The standard InChI is InChI=1S/C20H29N3O4/c1-20(2,3)27-19(25)22-11-7-5-6-10-21-18(24)17-13-14-12-15(26-4)8-9-16(14)23-17/h8-9,12-13,23H,5-7,10-11H2,1-4H3,(H,21,24)(H,22,25). The molecule has 0 aliphatic carbocycles. The minimum Gasteiger partial charge on any atom is -0.497 e. The predicted molar refractivity (Wildman–Crippen MR) is 105 cm³/mol. The number of aromatic amines is 1. The first kappa shape index (κ1) is 20.6. The van der Waals surface area contributed by atoms with E-state index in [-0.39, 0.29) is 5.91 Å². The molecule has 0 aliphatic rings. The van der Waals surface area contributed by atoms with Gasteiger partial charge in [0.2, 0.25) is 0 Å². The highest BCUT2D eigenvalue weighted by atomic mass is 16.6. The summed E-state index contributed by atoms with van der Waals surface area (Å²) in [5.41, 5.74) is 0.946. The fourth-order valence-corrected chi connectivity index (χ4v) is 2.59. The van der Waals surface area contributed by atoms with Crippen LogP contribution in [0, 0.1) is 0 Å². The Hall–Kier alpha value is -2.70. The van der Waals surface area contributed by atoms with E-state index in [1.165, 1.54) is 0 Å². The Morgan fingerprint density at radius 3 is 2.41 bits per heavy atom. The number of methoxy groups -OCH3 is 1. The third-order valence-electron chi connectivity index (χ3n) is 3.88. The number of aromatic nitrogens is 1. The summed E-state index contributed by atoms with van der Waals surface area (Å²) in [5.74, 6) is 0.630. The van der Waals surface area contributed by atoms with Gasteiger partial charge in [-0.3, -0.25) is 4.79 Å². The number of amides is 2. The van der Waals surface area contributed by atoms with Gasteiger partial charge in [0.05, 0.1) is 7.11 Å². The van der Waals surface area contributed by atoms with E-state index in [4.69, 9.17) is 9.47 Å². The monoisotopic (exact) mass is 375 g/mol. The molecule has 7 nitrogen and oxygen atoms in total. The molecule has 2 rings (SSSR count). The van der Waals surface area contributed by atoms with Crippen LogP contribution < -0.4 is 15.4 Å². The number of alkyl carbamates (subject to hydrolysis) is 1. The number of carbonyl (C=O) groups is 2. The topological polar surface area (TPSA) is 92.5 Å². The number of benzene rings is 1. The number of fused-ring (bicyclic) bond motifs is 1. The van der Waals surface area contributed by atoms with Crippen molar-refractivity contribution in [2.24, 2.45) is 0 Å². The lowest BCUT2D eigenvalue weighted by Gasteiger charge is -2.19. The molecule has 0 fully saturated rings. The first-order chi connectivity index (χ1) is 12.8. The quantitative estimate of drug-likeness (QED) is 0.615. The summed E-state index contributed by atoms with van der Waals surface area (Å²) < 4.78 is 10.4. The van der Waals surface area contributed by atoms with Crippen LogP contribution in [0.2, 0.25) is 0 Å². The lowest BCUT2D eigenvalue weighted by atomic mass is 10.2. The van der Waals surface area contributed by atoms with Crippen molar-refractivity contribution in [3.8, 4) is 5.75 Å². The van der Waals surface area contributed by atoms with Gasteiger partial charge in [0.1, 0.15) is 17.0 Å². The molecule has 2 amide bonds. The Morgan fingerprint density at radius 2 is 1.74 bits per heavy atom. The van der Waals surface area contributed by atoms with Crippen molar-refractivity contribution in [3.63, 3.8) is 0 Å². The molecule has 148 valence electrons. The minimum absolute atomic E-state index is 0.128. The average Bonchev–Trinajstić information content (AvgIpc) is 3.02. The van der Waals surface area contributed by atoms with Crippen molar-refractivity contribution >= 4 is 22.9 Å². The third-order valence-corrected chi connectivity index (χ3v) is 3.88. The summed E-state index contributed by atoms with van der Waals surface area (Å²) in [6.45, 7) is 6.65. The van der Waals surface area contributed by atoms with E-state index >= 15 is 0 Å². The van der Waals surface area contributed by atoms with E-state index in [0.717, 1.165) is 35.9 Å². The van der Waals surface area contributed by atoms with Crippen molar-refractivity contribution in [3.05, 3.63) is 30.0 Å². The van der Waals surface area contributed by atoms with Crippen LogP contribution in [0.5, 0.6) is 5.75 Å². The van der Waals surface area contributed by atoms with Gasteiger partial charge in [-0.1, -0.05) is 0 Å². The Morgan fingerprint density at radius 1 is 1.04 bits per heavy atom. The van der Waals surface area contributed by atoms with E-state index in [9.17, 15) is 9.59 Å². The van der Waals surface area contributed by atoms with Gasteiger partial charge in [-0.2, -0.15) is 0 Å². The molecular formula is C20H29N3O4.